The average molecular weight is 404 g/mol. The van der Waals surface area contributed by atoms with Gasteiger partial charge >= 0.3 is 0 Å². The van der Waals surface area contributed by atoms with E-state index in [1.807, 2.05) is 24.4 Å². The Bertz CT molecular complexity index is 1020. The summed E-state index contributed by atoms with van der Waals surface area (Å²) in [6, 6.07) is 16.2. The predicted molar refractivity (Wildman–Crippen MR) is 114 cm³/mol. The molecule has 2 aromatic carbocycles. The predicted octanol–water partition coefficient (Wildman–Crippen LogP) is 5.36. The van der Waals surface area contributed by atoms with Crippen molar-refractivity contribution >= 4 is 5.78 Å². The van der Waals surface area contributed by atoms with Crippen molar-refractivity contribution < 1.29 is 13.9 Å². The van der Waals surface area contributed by atoms with Crippen LogP contribution in [0.1, 0.15) is 58.9 Å². The molecule has 0 bridgehead atoms. The molecule has 4 rings (SSSR count). The van der Waals surface area contributed by atoms with Gasteiger partial charge in [-0.2, -0.15) is 0 Å². The summed E-state index contributed by atoms with van der Waals surface area (Å²) in [5, 5.41) is 0. The molecule has 0 radical (unpaired) electrons. The van der Waals surface area contributed by atoms with Crippen LogP contribution >= 0.6 is 0 Å². The maximum Gasteiger partial charge on any atom is 0.194 e. The molecule has 2 atom stereocenters. The maximum atomic E-state index is 13.2. The second kappa shape index (κ2) is 8.76. The maximum absolute atomic E-state index is 13.2. The van der Waals surface area contributed by atoms with E-state index < -0.39 is 0 Å². The third kappa shape index (κ3) is 4.12. The van der Waals surface area contributed by atoms with Crippen molar-refractivity contribution in [2.45, 2.75) is 31.8 Å². The zero-order valence-corrected chi connectivity index (χ0v) is 17.2. The van der Waals surface area contributed by atoms with E-state index in [4.69, 9.17) is 4.74 Å². The lowest BCUT2D eigenvalue weighted by Gasteiger charge is -2.31. The highest BCUT2D eigenvalue weighted by Gasteiger charge is 2.31. The van der Waals surface area contributed by atoms with E-state index in [2.05, 4.69) is 28.9 Å². The number of aromatic nitrogens is 1. The van der Waals surface area contributed by atoms with Crippen molar-refractivity contribution in [3.8, 4) is 5.75 Å². The number of pyridine rings is 1. The molecule has 154 valence electrons. The van der Waals surface area contributed by atoms with Crippen LogP contribution in [-0.2, 0) is 0 Å². The van der Waals surface area contributed by atoms with Gasteiger partial charge in [-0.15, -0.1) is 0 Å². The van der Waals surface area contributed by atoms with Gasteiger partial charge in [-0.1, -0.05) is 12.1 Å². The molecule has 1 aliphatic rings. The lowest BCUT2D eigenvalue weighted by atomic mass is 9.98. The highest BCUT2D eigenvalue weighted by atomic mass is 19.1. The number of ether oxygens (including phenoxy) is 1. The summed E-state index contributed by atoms with van der Waals surface area (Å²) in [6.45, 7) is 3.20. The van der Waals surface area contributed by atoms with Gasteiger partial charge in [0.05, 0.1) is 7.11 Å². The molecular formula is C25H25FN2O2. The molecule has 1 fully saturated rings. The van der Waals surface area contributed by atoms with Crippen LogP contribution in [0.3, 0.4) is 0 Å². The van der Waals surface area contributed by atoms with Gasteiger partial charge in [0.1, 0.15) is 11.6 Å². The van der Waals surface area contributed by atoms with Gasteiger partial charge in [0.15, 0.2) is 5.78 Å². The van der Waals surface area contributed by atoms with E-state index in [1.165, 1.54) is 29.8 Å². The molecule has 1 aromatic heterocycles. The van der Waals surface area contributed by atoms with Crippen molar-refractivity contribution in [1.29, 1.82) is 0 Å². The summed E-state index contributed by atoms with van der Waals surface area (Å²) >= 11 is 0. The van der Waals surface area contributed by atoms with Gasteiger partial charge in [0, 0.05) is 35.6 Å². The van der Waals surface area contributed by atoms with Crippen LogP contribution in [0.2, 0.25) is 0 Å². The summed E-state index contributed by atoms with van der Waals surface area (Å²) in [5.74, 6) is 0.352. The Labute approximate surface area is 176 Å². The zero-order chi connectivity index (χ0) is 21.1. The Kier molecular flexibility index (Phi) is 5.91. The number of methoxy groups -OCH3 is 1. The van der Waals surface area contributed by atoms with Gasteiger partial charge in [-0.05, 0) is 79.9 Å². The lowest BCUT2D eigenvalue weighted by molar-refractivity contribution is 0.103. The second-order valence-electron chi connectivity index (χ2n) is 7.69. The first-order chi connectivity index (χ1) is 14.6. The zero-order valence-electron chi connectivity index (χ0n) is 17.2. The number of likely N-dealkylation sites (tertiary alicyclic amines) is 1. The SMILES string of the molecule is COc1ccc(C(C)N2CCC[C@H]2c2cncc(C(=O)c3ccc(F)cc3)c2)cc1. The molecule has 0 aliphatic carbocycles. The fourth-order valence-electron chi connectivity index (χ4n) is 4.22. The van der Waals surface area contributed by atoms with Crippen molar-refractivity contribution in [3.05, 3.63) is 95.1 Å². The molecule has 0 saturated carbocycles. The molecule has 2 heterocycles. The lowest BCUT2D eigenvalue weighted by Crippen LogP contribution is -2.27. The first-order valence-electron chi connectivity index (χ1n) is 10.2. The van der Waals surface area contributed by atoms with Crippen LogP contribution in [0.25, 0.3) is 0 Å². The van der Waals surface area contributed by atoms with E-state index in [1.54, 1.807) is 13.3 Å². The van der Waals surface area contributed by atoms with Gasteiger partial charge in [0.2, 0.25) is 0 Å². The topological polar surface area (TPSA) is 42.4 Å². The number of halogens is 1. The molecular weight excluding hydrogens is 379 g/mol. The molecule has 1 saturated heterocycles. The van der Waals surface area contributed by atoms with E-state index in [0.717, 1.165) is 30.7 Å². The van der Waals surface area contributed by atoms with E-state index >= 15 is 0 Å². The third-order valence-corrected chi connectivity index (χ3v) is 5.90. The first kappa shape index (κ1) is 20.2. The molecule has 0 N–H and O–H groups in total. The molecule has 1 aliphatic heterocycles. The summed E-state index contributed by atoms with van der Waals surface area (Å²) < 4.78 is 18.5. The monoisotopic (exact) mass is 404 g/mol. The van der Waals surface area contributed by atoms with Gasteiger partial charge in [-0.25, -0.2) is 4.39 Å². The Balaban J connectivity index is 1.57. The van der Waals surface area contributed by atoms with Crippen molar-refractivity contribution in [2.75, 3.05) is 13.7 Å². The molecule has 3 aromatic rings. The van der Waals surface area contributed by atoms with Gasteiger partial charge in [-0.3, -0.25) is 14.7 Å². The summed E-state index contributed by atoms with van der Waals surface area (Å²) in [7, 11) is 1.67. The van der Waals surface area contributed by atoms with Gasteiger partial charge < -0.3 is 4.74 Å². The number of nitrogens with zero attached hydrogens (tertiary/aromatic N) is 2. The normalized spacial score (nSPS) is 17.6. The van der Waals surface area contributed by atoms with E-state index in [0.29, 0.717) is 11.1 Å². The fourth-order valence-corrected chi connectivity index (χ4v) is 4.22. The van der Waals surface area contributed by atoms with Crippen LogP contribution in [0.4, 0.5) is 4.39 Å². The number of rotatable bonds is 6. The summed E-state index contributed by atoms with van der Waals surface area (Å²) in [4.78, 5) is 19.6. The molecule has 5 heteroatoms. The van der Waals surface area contributed by atoms with Crippen molar-refractivity contribution in [3.63, 3.8) is 0 Å². The van der Waals surface area contributed by atoms with E-state index in [-0.39, 0.29) is 23.7 Å². The molecule has 30 heavy (non-hydrogen) atoms. The van der Waals surface area contributed by atoms with Crippen LogP contribution in [-0.4, -0.2) is 29.3 Å². The van der Waals surface area contributed by atoms with Crippen LogP contribution in [0, 0.1) is 5.82 Å². The number of carbonyl (C=O) groups excluding carboxylic acids is 1. The average Bonchev–Trinajstić information content (AvgIpc) is 3.29. The summed E-state index contributed by atoms with van der Waals surface area (Å²) in [6.07, 6.45) is 5.56. The minimum absolute atomic E-state index is 0.142. The molecule has 0 amide bonds. The molecule has 1 unspecified atom stereocenters. The fraction of sp³-hybridized carbons (Fsp3) is 0.280. The Hall–Kier alpha value is -3.05. The number of benzene rings is 2. The minimum Gasteiger partial charge on any atom is -0.497 e. The number of ketones is 1. The number of hydrogen-bond acceptors (Lipinski definition) is 4. The Morgan fingerprint density at radius 1 is 1.10 bits per heavy atom. The second-order valence-corrected chi connectivity index (χ2v) is 7.69. The molecule has 0 spiro atoms. The van der Waals surface area contributed by atoms with Crippen LogP contribution < -0.4 is 4.74 Å². The summed E-state index contributed by atoms with van der Waals surface area (Å²) in [5.41, 5.74) is 3.27. The third-order valence-electron chi connectivity index (χ3n) is 5.90. The first-order valence-corrected chi connectivity index (χ1v) is 10.2. The standard InChI is InChI=1S/C25H25FN2O2/c1-17(18-7-11-23(30-2)12-8-18)28-13-3-4-24(28)20-14-21(16-27-15-20)25(29)19-5-9-22(26)10-6-19/h5-12,14-17,24H,3-4,13H2,1-2H3/t17?,24-/m0/s1. The Morgan fingerprint density at radius 3 is 2.53 bits per heavy atom. The van der Waals surface area contributed by atoms with Gasteiger partial charge in [0.25, 0.3) is 0 Å². The Morgan fingerprint density at radius 2 is 1.83 bits per heavy atom. The number of hydrogen-bond donors (Lipinski definition) is 0. The highest BCUT2D eigenvalue weighted by Crippen LogP contribution is 2.38. The minimum atomic E-state index is -0.354. The van der Waals surface area contributed by atoms with Crippen molar-refractivity contribution in [1.82, 2.24) is 9.88 Å². The van der Waals surface area contributed by atoms with Crippen LogP contribution in [0.15, 0.2) is 67.0 Å². The van der Waals surface area contributed by atoms with Crippen LogP contribution in [0.5, 0.6) is 5.75 Å². The highest BCUT2D eigenvalue weighted by molar-refractivity contribution is 6.08. The molecule has 4 nitrogen and oxygen atoms in total. The quantitative estimate of drug-likeness (QED) is 0.519. The van der Waals surface area contributed by atoms with Crippen molar-refractivity contribution in [2.24, 2.45) is 0 Å². The van der Waals surface area contributed by atoms with E-state index in [9.17, 15) is 9.18 Å². The smallest absolute Gasteiger partial charge is 0.194 e. The number of carbonyl (C=O) groups is 1. The largest absolute Gasteiger partial charge is 0.497 e.